The zero-order valence-electron chi connectivity index (χ0n) is 14.5. The highest BCUT2D eigenvalue weighted by Gasteiger charge is 2.32. The number of halogens is 1. The number of aromatic carboxylic acids is 1. The molecular weight excluding hydrogens is 487 g/mol. The SMILES string of the molecule is COC(=O)C1=C(C(=O)OC)N(c2c(I)cc([N+](=O)[O-])cc2C(=O)O)C=CC=C1. The number of carbonyl (C=O) groups is 3. The molecule has 0 amide bonds. The van der Waals surface area contributed by atoms with Crippen LogP contribution < -0.4 is 4.90 Å². The Hall–Kier alpha value is -3.22. The van der Waals surface area contributed by atoms with Crippen LogP contribution in [0.4, 0.5) is 11.4 Å². The Labute approximate surface area is 172 Å². The average Bonchev–Trinajstić information content (AvgIpc) is 2.88. The summed E-state index contributed by atoms with van der Waals surface area (Å²) in [7, 11) is 2.22. The zero-order valence-corrected chi connectivity index (χ0v) is 16.7. The fourth-order valence-corrected chi connectivity index (χ4v) is 3.30. The normalized spacial score (nSPS) is 13.2. The highest BCUT2D eigenvalue weighted by Crippen LogP contribution is 2.36. The predicted octanol–water partition coefficient (Wildman–Crippen LogP) is 2.39. The summed E-state index contributed by atoms with van der Waals surface area (Å²) in [6, 6.07) is 2.03. The summed E-state index contributed by atoms with van der Waals surface area (Å²) in [4.78, 5) is 47.9. The number of non-ortho nitro benzene ring substituents is 1. The standard InChI is InChI=1S/C17H13IN2O8/c1-27-16(23)10-5-3-4-6-19(14(10)17(24)28-2)13-11(15(21)22)7-9(20(25)26)8-12(13)18/h3-8H,1-2H3,(H,21,22). The number of allylic oxidation sites excluding steroid dienone is 2. The quantitative estimate of drug-likeness (QED) is 0.280. The Morgan fingerprint density at radius 1 is 1.14 bits per heavy atom. The van der Waals surface area contributed by atoms with Gasteiger partial charge in [-0.05, 0) is 34.7 Å². The van der Waals surface area contributed by atoms with Crippen LogP contribution in [0.5, 0.6) is 0 Å². The summed E-state index contributed by atoms with van der Waals surface area (Å²) < 4.78 is 9.61. The first-order valence-corrected chi connectivity index (χ1v) is 8.57. The van der Waals surface area contributed by atoms with Crippen LogP contribution in [0, 0.1) is 13.7 Å². The Morgan fingerprint density at radius 3 is 2.32 bits per heavy atom. The molecule has 0 unspecified atom stereocenters. The van der Waals surface area contributed by atoms with E-state index in [-0.39, 0.29) is 20.5 Å². The number of carbonyl (C=O) groups excluding carboxylic acids is 2. The molecule has 0 aliphatic carbocycles. The fourth-order valence-electron chi connectivity index (χ4n) is 2.43. The number of nitrogens with zero attached hydrogens (tertiary/aromatic N) is 2. The van der Waals surface area contributed by atoms with Gasteiger partial charge in [0.1, 0.15) is 5.70 Å². The number of esters is 2. The molecule has 1 aromatic rings. The summed E-state index contributed by atoms with van der Waals surface area (Å²) in [5, 5.41) is 20.7. The molecule has 11 heteroatoms. The van der Waals surface area contributed by atoms with Gasteiger partial charge >= 0.3 is 17.9 Å². The fraction of sp³-hybridized carbons (Fsp3) is 0.118. The number of anilines is 1. The van der Waals surface area contributed by atoms with Gasteiger partial charge in [0.2, 0.25) is 0 Å². The summed E-state index contributed by atoms with van der Waals surface area (Å²) >= 11 is 1.72. The van der Waals surface area contributed by atoms with E-state index in [1.807, 2.05) is 0 Å². The number of rotatable bonds is 5. The molecule has 0 fully saturated rings. The number of benzene rings is 1. The molecule has 1 heterocycles. The number of carboxylic acid groups (broad SMARTS) is 1. The molecule has 1 aliphatic heterocycles. The lowest BCUT2D eigenvalue weighted by molar-refractivity contribution is -0.385. The Bertz CT molecular complexity index is 964. The lowest BCUT2D eigenvalue weighted by Gasteiger charge is -2.25. The number of carboxylic acids is 1. The van der Waals surface area contributed by atoms with Crippen molar-refractivity contribution in [3.8, 4) is 0 Å². The van der Waals surface area contributed by atoms with Gasteiger partial charge in [-0.15, -0.1) is 0 Å². The summed E-state index contributed by atoms with van der Waals surface area (Å²) in [5.74, 6) is -3.23. The number of hydrogen-bond acceptors (Lipinski definition) is 8. The third kappa shape index (κ3) is 4.03. The number of nitro groups is 1. The van der Waals surface area contributed by atoms with Gasteiger partial charge in [0.05, 0.1) is 36.0 Å². The van der Waals surface area contributed by atoms with Gasteiger partial charge in [0.15, 0.2) is 0 Å². The van der Waals surface area contributed by atoms with Gasteiger partial charge in [0.25, 0.3) is 5.69 Å². The van der Waals surface area contributed by atoms with Gasteiger partial charge < -0.3 is 19.5 Å². The van der Waals surface area contributed by atoms with Crippen molar-refractivity contribution >= 4 is 51.9 Å². The first kappa shape index (κ1) is 21.1. The summed E-state index contributed by atoms with van der Waals surface area (Å²) in [5.41, 5.74) is -1.38. The van der Waals surface area contributed by atoms with Gasteiger partial charge in [-0.3, -0.25) is 10.1 Å². The largest absolute Gasteiger partial charge is 0.478 e. The van der Waals surface area contributed by atoms with E-state index in [4.69, 9.17) is 9.47 Å². The number of nitro benzene ring substituents is 1. The molecule has 0 radical (unpaired) electrons. The molecule has 0 bridgehead atoms. The molecule has 1 N–H and O–H groups in total. The third-order valence-electron chi connectivity index (χ3n) is 3.62. The minimum absolute atomic E-state index is 0.0412. The van der Waals surface area contributed by atoms with E-state index in [1.54, 1.807) is 22.6 Å². The van der Waals surface area contributed by atoms with Crippen LogP contribution in [0.1, 0.15) is 10.4 Å². The average molecular weight is 500 g/mol. The molecule has 0 atom stereocenters. The second kappa shape index (κ2) is 8.65. The second-order valence-electron chi connectivity index (χ2n) is 5.20. The molecule has 2 rings (SSSR count). The van der Waals surface area contributed by atoms with Crippen molar-refractivity contribution in [2.75, 3.05) is 19.1 Å². The third-order valence-corrected chi connectivity index (χ3v) is 4.44. The highest BCUT2D eigenvalue weighted by molar-refractivity contribution is 14.1. The minimum atomic E-state index is -1.45. The number of methoxy groups -OCH3 is 2. The van der Waals surface area contributed by atoms with E-state index in [1.165, 1.54) is 24.4 Å². The molecule has 0 saturated carbocycles. The zero-order chi connectivity index (χ0) is 21.0. The van der Waals surface area contributed by atoms with E-state index in [9.17, 15) is 29.6 Å². The maximum Gasteiger partial charge on any atom is 0.355 e. The Balaban J connectivity index is 2.87. The van der Waals surface area contributed by atoms with Crippen LogP contribution in [-0.4, -0.2) is 42.2 Å². The van der Waals surface area contributed by atoms with Crippen LogP contribution in [-0.2, 0) is 19.1 Å². The highest BCUT2D eigenvalue weighted by atomic mass is 127. The number of ether oxygens (including phenoxy) is 2. The van der Waals surface area contributed by atoms with Crippen molar-refractivity contribution in [1.29, 1.82) is 0 Å². The number of hydrogen-bond donors (Lipinski definition) is 1. The second-order valence-corrected chi connectivity index (χ2v) is 6.36. The first-order chi connectivity index (χ1) is 13.2. The van der Waals surface area contributed by atoms with E-state index >= 15 is 0 Å². The van der Waals surface area contributed by atoms with E-state index in [0.29, 0.717) is 0 Å². The minimum Gasteiger partial charge on any atom is -0.478 e. The predicted molar refractivity (Wildman–Crippen MR) is 105 cm³/mol. The molecule has 0 spiro atoms. The molecule has 1 aromatic carbocycles. The van der Waals surface area contributed by atoms with Gasteiger partial charge in [-0.2, -0.15) is 0 Å². The van der Waals surface area contributed by atoms with Gasteiger partial charge in [-0.1, -0.05) is 6.08 Å². The van der Waals surface area contributed by atoms with Crippen LogP contribution >= 0.6 is 22.6 Å². The van der Waals surface area contributed by atoms with Gasteiger partial charge in [-0.25, -0.2) is 14.4 Å². The Morgan fingerprint density at radius 2 is 1.79 bits per heavy atom. The van der Waals surface area contributed by atoms with E-state index < -0.39 is 34.1 Å². The maximum absolute atomic E-state index is 12.4. The molecule has 146 valence electrons. The summed E-state index contributed by atoms with van der Waals surface area (Å²) in [6.45, 7) is 0. The molecule has 28 heavy (non-hydrogen) atoms. The topological polar surface area (TPSA) is 136 Å². The Kier molecular flexibility index (Phi) is 6.51. The molecule has 10 nitrogen and oxygen atoms in total. The molecular formula is C17H13IN2O8. The molecule has 0 aromatic heterocycles. The maximum atomic E-state index is 12.4. The summed E-state index contributed by atoms with van der Waals surface area (Å²) in [6.07, 6.45) is 5.57. The van der Waals surface area contributed by atoms with Crippen LogP contribution in [0.25, 0.3) is 0 Å². The van der Waals surface area contributed by atoms with Crippen molar-refractivity contribution in [3.63, 3.8) is 0 Å². The molecule has 0 saturated heterocycles. The van der Waals surface area contributed by atoms with Crippen LogP contribution in [0.3, 0.4) is 0 Å². The molecule has 1 aliphatic rings. The van der Waals surface area contributed by atoms with Crippen LogP contribution in [0.15, 0.2) is 47.8 Å². The van der Waals surface area contributed by atoms with Crippen molar-refractivity contribution in [2.24, 2.45) is 0 Å². The van der Waals surface area contributed by atoms with Crippen molar-refractivity contribution in [2.45, 2.75) is 0 Å². The smallest absolute Gasteiger partial charge is 0.355 e. The van der Waals surface area contributed by atoms with Crippen LogP contribution in [0.2, 0.25) is 0 Å². The van der Waals surface area contributed by atoms with E-state index in [0.717, 1.165) is 31.3 Å². The lowest BCUT2D eigenvalue weighted by atomic mass is 10.1. The lowest BCUT2D eigenvalue weighted by Crippen LogP contribution is -2.29. The van der Waals surface area contributed by atoms with Gasteiger partial charge in [0, 0.05) is 21.9 Å². The monoisotopic (exact) mass is 500 g/mol. The van der Waals surface area contributed by atoms with E-state index in [2.05, 4.69) is 0 Å². The van der Waals surface area contributed by atoms with Crippen molar-refractivity contribution in [3.05, 3.63) is 67.1 Å². The first-order valence-electron chi connectivity index (χ1n) is 7.49. The van der Waals surface area contributed by atoms with Crippen molar-refractivity contribution < 1.29 is 33.9 Å². The van der Waals surface area contributed by atoms with Crippen molar-refractivity contribution in [1.82, 2.24) is 0 Å².